The molecule has 1 N–H and O–H groups in total. The Kier molecular flexibility index (Phi) is 5.75. The molecule has 1 atom stereocenters. The van der Waals surface area contributed by atoms with Gasteiger partial charge in [0.1, 0.15) is 11.5 Å². The van der Waals surface area contributed by atoms with Crippen molar-refractivity contribution in [2.75, 3.05) is 20.8 Å². The van der Waals surface area contributed by atoms with E-state index in [1.807, 2.05) is 23.6 Å². The molecule has 2 aliphatic heterocycles. The van der Waals surface area contributed by atoms with Crippen molar-refractivity contribution in [3.63, 3.8) is 0 Å². The second kappa shape index (κ2) is 8.87. The molecule has 174 valence electrons. The van der Waals surface area contributed by atoms with Crippen molar-refractivity contribution in [3.8, 4) is 17.2 Å². The van der Waals surface area contributed by atoms with Crippen LogP contribution in [0, 0.1) is 0 Å². The molecule has 8 heteroatoms. The minimum atomic E-state index is -0.850. The summed E-state index contributed by atoms with van der Waals surface area (Å²) in [5.74, 6) is 0.00466. The number of hydrogen-bond acceptors (Lipinski definition) is 7. The lowest BCUT2D eigenvalue weighted by atomic mass is 9.93. The van der Waals surface area contributed by atoms with E-state index in [-0.39, 0.29) is 17.9 Å². The third-order valence-electron chi connectivity index (χ3n) is 6.14. The van der Waals surface area contributed by atoms with Gasteiger partial charge in [-0.3, -0.25) is 9.59 Å². The monoisotopic (exact) mass is 477 g/mol. The highest BCUT2D eigenvalue weighted by atomic mass is 32.1. The number of aliphatic hydroxyl groups is 1. The van der Waals surface area contributed by atoms with Crippen molar-refractivity contribution in [1.82, 2.24) is 4.90 Å². The molecule has 0 radical (unpaired) electrons. The lowest BCUT2D eigenvalue weighted by molar-refractivity contribution is -0.140. The Balaban J connectivity index is 1.70. The SMILES string of the molecule is COc1cccc(C2/C(=C(\O)c3ccc4c(c3)CCO4)C(=O)C(=O)N2Cc2cccs2)c1OC. The summed E-state index contributed by atoms with van der Waals surface area (Å²) in [6.45, 7) is 0.799. The predicted octanol–water partition coefficient (Wildman–Crippen LogP) is 4.32. The molecule has 0 aliphatic carbocycles. The van der Waals surface area contributed by atoms with Crippen LogP contribution < -0.4 is 14.2 Å². The van der Waals surface area contributed by atoms with Gasteiger partial charge in [-0.25, -0.2) is 0 Å². The zero-order valence-corrected chi connectivity index (χ0v) is 19.6. The summed E-state index contributed by atoms with van der Waals surface area (Å²) in [5.41, 5.74) is 1.99. The highest BCUT2D eigenvalue weighted by Gasteiger charge is 2.47. The molecule has 0 saturated carbocycles. The number of rotatable bonds is 6. The van der Waals surface area contributed by atoms with E-state index in [2.05, 4.69) is 0 Å². The average molecular weight is 478 g/mol. The number of hydrogen-bond donors (Lipinski definition) is 1. The zero-order valence-electron chi connectivity index (χ0n) is 18.7. The smallest absolute Gasteiger partial charge is 0.295 e. The largest absolute Gasteiger partial charge is 0.507 e. The number of para-hydroxylation sites is 1. The highest BCUT2D eigenvalue weighted by molar-refractivity contribution is 7.09. The number of likely N-dealkylation sites (tertiary alicyclic amines) is 1. The summed E-state index contributed by atoms with van der Waals surface area (Å²) < 4.78 is 16.7. The van der Waals surface area contributed by atoms with Crippen molar-refractivity contribution in [2.24, 2.45) is 0 Å². The minimum absolute atomic E-state index is 0.0203. The second-order valence-electron chi connectivity index (χ2n) is 8.01. The molecule has 3 aromatic rings. The van der Waals surface area contributed by atoms with Crippen LogP contribution in [0.5, 0.6) is 17.2 Å². The normalized spacial score (nSPS) is 18.6. The van der Waals surface area contributed by atoms with Crippen LogP contribution in [-0.2, 0) is 22.6 Å². The lowest BCUT2D eigenvalue weighted by Crippen LogP contribution is -2.29. The van der Waals surface area contributed by atoms with E-state index in [4.69, 9.17) is 14.2 Å². The molecular weight excluding hydrogens is 454 g/mol. The van der Waals surface area contributed by atoms with Crippen molar-refractivity contribution in [2.45, 2.75) is 19.0 Å². The van der Waals surface area contributed by atoms with E-state index < -0.39 is 17.7 Å². The molecule has 3 heterocycles. The van der Waals surface area contributed by atoms with Crippen molar-refractivity contribution in [3.05, 3.63) is 81.1 Å². The predicted molar refractivity (Wildman–Crippen MR) is 127 cm³/mol. The van der Waals surface area contributed by atoms with Gasteiger partial charge in [-0.15, -0.1) is 11.3 Å². The lowest BCUT2D eigenvalue weighted by Gasteiger charge is -2.26. The van der Waals surface area contributed by atoms with E-state index >= 15 is 0 Å². The van der Waals surface area contributed by atoms with E-state index in [0.29, 0.717) is 29.2 Å². The molecule has 2 aliphatic rings. The van der Waals surface area contributed by atoms with Gasteiger partial charge in [0, 0.05) is 22.4 Å². The van der Waals surface area contributed by atoms with Crippen molar-refractivity contribution < 1.29 is 28.9 Å². The Labute approximate surface area is 200 Å². The number of carbonyl (C=O) groups is 2. The van der Waals surface area contributed by atoms with Crippen LogP contribution in [0.4, 0.5) is 0 Å². The maximum absolute atomic E-state index is 13.3. The molecule has 0 bridgehead atoms. The summed E-state index contributed by atoms with van der Waals surface area (Å²) in [6.07, 6.45) is 0.719. The molecule has 34 heavy (non-hydrogen) atoms. The maximum atomic E-state index is 13.3. The number of amides is 1. The van der Waals surface area contributed by atoms with Crippen LogP contribution in [0.3, 0.4) is 0 Å². The first-order chi connectivity index (χ1) is 16.5. The summed E-state index contributed by atoms with van der Waals surface area (Å²) in [7, 11) is 3.03. The molecule has 1 fully saturated rings. The van der Waals surface area contributed by atoms with E-state index in [1.54, 1.807) is 30.3 Å². The van der Waals surface area contributed by atoms with Gasteiger partial charge >= 0.3 is 0 Å². The number of ketones is 1. The first-order valence-corrected chi connectivity index (χ1v) is 11.7. The number of thiophene rings is 1. The Hall–Kier alpha value is -3.78. The molecular formula is C26H23NO6S. The van der Waals surface area contributed by atoms with Crippen LogP contribution in [0.25, 0.3) is 5.76 Å². The topological polar surface area (TPSA) is 85.3 Å². The number of aliphatic hydroxyl groups excluding tert-OH is 1. The number of ether oxygens (including phenoxy) is 3. The Morgan fingerprint density at radius 3 is 2.74 bits per heavy atom. The van der Waals surface area contributed by atoms with Gasteiger partial charge in [0.15, 0.2) is 11.5 Å². The zero-order chi connectivity index (χ0) is 23.8. The average Bonchev–Trinajstić information content (AvgIpc) is 3.60. The van der Waals surface area contributed by atoms with Gasteiger partial charge in [-0.05, 0) is 41.3 Å². The van der Waals surface area contributed by atoms with Crippen molar-refractivity contribution in [1.29, 1.82) is 0 Å². The fourth-order valence-corrected chi connectivity index (χ4v) is 5.26. The number of benzene rings is 2. The fourth-order valence-electron chi connectivity index (χ4n) is 4.55. The molecule has 5 rings (SSSR count). The standard InChI is InChI=1S/C26H23NO6S/c1-31-20-7-3-6-18(25(20)32-2)22-21(23(28)16-8-9-19-15(13-16)10-11-33-19)24(29)26(30)27(22)14-17-5-4-12-34-17/h3-9,12-13,22,28H,10-11,14H2,1-2H3/b23-21+. The van der Waals surface area contributed by atoms with Crippen LogP contribution in [0.2, 0.25) is 0 Å². The number of methoxy groups -OCH3 is 2. The molecule has 1 aromatic heterocycles. The molecule has 1 saturated heterocycles. The molecule has 1 unspecified atom stereocenters. The molecule has 2 aromatic carbocycles. The quantitative estimate of drug-likeness (QED) is 0.323. The van der Waals surface area contributed by atoms with Gasteiger partial charge in [-0.1, -0.05) is 18.2 Å². The first-order valence-electron chi connectivity index (χ1n) is 10.8. The van der Waals surface area contributed by atoms with Gasteiger partial charge < -0.3 is 24.2 Å². The summed E-state index contributed by atoms with van der Waals surface area (Å²) in [6, 6.07) is 13.5. The summed E-state index contributed by atoms with van der Waals surface area (Å²) in [5, 5.41) is 13.3. The Bertz CT molecular complexity index is 1300. The number of Topliss-reactive ketones (excluding diaryl/α,β-unsaturated/α-hetero) is 1. The maximum Gasteiger partial charge on any atom is 0.295 e. The van der Waals surface area contributed by atoms with Crippen molar-refractivity contribution >= 4 is 28.8 Å². The summed E-state index contributed by atoms with van der Waals surface area (Å²) >= 11 is 1.49. The van der Waals surface area contributed by atoms with Crippen LogP contribution in [0.1, 0.15) is 27.6 Å². The minimum Gasteiger partial charge on any atom is -0.507 e. The molecule has 7 nitrogen and oxygen atoms in total. The van der Waals surface area contributed by atoms with Gasteiger partial charge in [0.2, 0.25) is 0 Å². The van der Waals surface area contributed by atoms with Crippen LogP contribution in [-0.4, -0.2) is 42.5 Å². The van der Waals surface area contributed by atoms with E-state index in [1.165, 1.54) is 30.5 Å². The van der Waals surface area contributed by atoms with Gasteiger partial charge in [0.25, 0.3) is 11.7 Å². The third kappa shape index (κ3) is 3.60. The summed E-state index contributed by atoms with van der Waals surface area (Å²) in [4.78, 5) is 29.0. The van der Waals surface area contributed by atoms with Gasteiger partial charge in [-0.2, -0.15) is 0 Å². The van der Waals surface area contributed by atoms with Crippen LogP contribution >= 0.6 is 11.3 Å². The van der Waals surface area contributed by atoms with Crippen LogP contribution in [0.15, 0.2) is 59.5 Å². The van der Waals surface area contributed by atoms with Gasteiger partial charge in [0.05, 0.1) is 39.0 Å². The molecule has 1 amide bonds. The second-order valence-corrected chi connectivity index (χ2v) is 9.04. The number of fused-ring (bicyclic) bond motifs is 1. The highest BCUT2D eigenvalue weighted by Crippen LogP contribution is 2.46. The van der Waals surface area contributed by atoms with E-state index in [0.717, 1.165) is 22.6 Å². The first kappa shape index (κ1) is 22.0. The fraction of sp³-hybridized carbons (Fsp3) is 0.231. The molecule has 0 spiro atoms. The number of nitrogens with zero attached hydrogens (tertiary/aromatic N) is 1. The Morgan fingerprint density at radius 2 is 2.00 bits per heavy atom. The van der Waals surface area contributed by atoms with E-state index in [9.17, 15) is 14.7 Å². The number of carbonyl (C=O) groups excluding carboxylic acids is 2. The third-order valence-corrected chi connectivity index (χ3v) is 7.00. The Morgan fingerprint density at radius 1 is 1.15 bits per heavy atom.